The zero-order valence-electron chi connectivity index (χ0n) is 17.7. The molecule has 0 spiro atoms. The Morgan fingerprint density at radius 3 is 2.65 bits per heavy atom. The Hall–Kier alpha value is -2.32. The van der Waals surface area contributed by atoms with Crippen molar-refractivity contribution in [1.29, 1.82) is 0 Å². The number of amidine groups is 1. The number of ether oxygens (including phenoxy) is 1. The smallest absolute Gasteiger partial charge is 0.252 e. The van der Waals surface area contributed by atoms with Crippen LogP contribution in [0.4, 0.5) is 0 Å². The van der Waals surface area contributed by atoms with E-state index in [1.807, 2.05) is 60.4 Å². The van der Waals surface area contributed by atoms with Crippen molar-refractivity contribution in [3.63, 3.8) is 0 Å². The highest BCUT2D eigenvalue weighted by Crippen LogP contribution is 2.38. The fourth-order valence-electron chi connectivity index (χ4n) is 4.08. The summed E-state index contributed by atoms with van der Waals surface area (Å²) in [7, 11) is -1.42. The molecular formula is C23H26N2O4S2. The minimum atomic E-state index is -3.05. The lowest BCUT2D eigenvalue weighted by molar-refractivity contribution is -0.117. The van der Waals surface area contributed by atoms with Crippen LogP contribution in [-0.2, 0) is 27.5 Å². The monoisotopic (exact) mass is 458 g/mol. The summed E-state index contributed by atoms with van der Waals surface area (Å²) in [5.74, 6) is 0.863. The number of thioether (sulfide) groups is 1. The van der Waals surface area contributed by atoms with Gasteiger partial charge in [-0.15, -0.1) is 0 Å². The van der Waals surface area contributed by atoms with E-state index in [1.165, 1.54) is 11.8 Å². The third-order valence-corrected chi connectivity index (χ3v) is 8.88. The highest BCUT2D eigenvalue weighted by Gasteiger charge is 2.48. The van der Waals surface area contributed by atoms with Gasteiger partial charge in [0, 0.05) is 11.8 Å². The quantitative estimate of drug-likeness (QED) is 0.663. The molecule has 2 aromatic rings. The van der Waals surface area contributed by atoms with Crippen molar-refractivity contribution >= 4 is 32.7 Å². The van der Waals surface area contributed by atoms with E-state index in [4.69, 9.17) is 4.74 Å². The van der Waals surface area contributed by atoms with Crippen LogP contribution in [0, 0.1) is 6.92 Å². The van der Waals surface area contributed by atoms with Crippen LogP contribution in [0.5, 0.6) is 5.75 Å². The lowest BCUT2D eigenvalue weighted by Gasteiger charge is -2.24. The van der Waals surface area contributed by atoms with E-state index in [9.17, 15) is 13.2 Å². The second-order valence-electron chi connectivity index (χ2n) is 8.05. The highest BCUT2D eigenvalue weighted by molar-refractivity contribution is 8.15. The lowest BCUT2D eigenvalue weighted by Crippen LogP contribution is -2.39. The third kappa shape index (κ3) is 5.30. The Labute approximate surface area is 187 Å². The second kappa shape index (κ2) is 9.04. The van der Waals surface area contributed by atoms with Crippen LogP contribution in [0.2, 0.25) is 0 Å². The van der Waals surface area contributed by atoms with Crippen LogP contribution in [-0.4, -0.2) is 60.8 Å². The Kier molecular flexibility index (Phi) is 6.39. The van der Waals surface area contributed by atoms with Crippen molar-refractivity contribution in [2.24, 2.45) is 4.99 Å². The van der Waals surface area contributed by atoms with Crippen molar-refractivity contribution in [3.8, 4) is 5.75 Å². The summed E-state index contributed by atoms with van der Waals surface area (Å²) in [6.07, 6.45) is 0.977. The fourth-order valence-corrected chi connectivity index (χ4v) is 8.08. The summed E-state index contributed by atoms with van der Waals surface area (Å²) < 4.78 is 29.6. The highest BCUT2D eigenvalue weighted by atomic mass is 32.2. The SMILES string of the molecule is COc1ccc(CCN2C(=NC(=O)Cc3cccc(C)c3)SC3CS(=O)(=O)CC32)cc1. The fraction of sp³-hybridized carbons (Fsp3) is 0.391. The van der Waals surface area contributed by atoms with Gasteiger partial charge in [-0.3, -0.25) is 4.79 Å². The van der Waals surface area contributed by atoms with Crippen molar-refractivity contribution < 1.29 is 17.9 Å². The van der Waals surface area contributed by atoms with E-state index >= 15 is 0 Å². The summed E-state index contributed by atoms with van der Waals surface area (Å²) in [6.45, 7) is 2.61. The van der Waals surface area contributed by atoms with Crippen molar-refractivity contribution in [3.05, 3.63) is 65.2 Å². The minimum Gasteiger partial charge on any atom is -0.497 e. The third-order valence-electron chi connectivity index (χ3n) is 5.63. The van der Waals surface area contributed by atoms with Gasteiger partial charge in [-0.1, -0.05) is 53.7 Å². The van der Waals surface area contributed by atoms with Crippen molar-refractivity contribution in [2.45, 2.75) is 31.1 Å². The molecule has 1 amide bonds. The van der Waals surface area contributed by atoms with E-state index in [1.54, 1.807) is 7.11 Å². The van der Waals surface area contributed by atoms with Gasteiger partial charge in [0.05, 0.1) is 31.1 Å². The minimum absolute atomic E-state index is 0.0635. The number of carbonyl (C=O) groups is 1. The Bertz CT molecular complexity index is 1100. The maximum atomic E-state index is 12.7. The first-order chi connectivity index (χ1) is 14.8. The number of methoxy groups -OCH3 is 1. The predicted molar refractivity (Wildman–Crippen MR) is 125 cm³/mol. The van der Waals surface area contributed by atoms with Gasteiger partial charge < -0.3 is 9.64 Å². The molecule has 0 saturated carbocycles. The van der Waals surface area contributed by atoms with Crippen LogP contribution in [0.25, 0.3) is 0 Å². The molecule has 2 heterocycles. The molecule has 0 bridgehead atoms. The molecule has 0 radical (unpaired) electrons. The standard InChI is InChI=1S/C23H26N2O4S2/c1-16-4-3-5-18(12-16)13-22(26)24-23-25(20-14-31(27,28)15-21(20)30-23)11-10-17-6-8-19(29-2)9-7-17/h3-9,12,20-21H,10-11,13-15H2,1-2H3. The number of hydrogen-bond acceptors (Lipinski definition) is 5. The van der Waals surface area contributed by atoms with Crippen LogP contribution >= 0.6 is 11.8 Å². The first kappa shape index (κ1) is 21.9. The number of rotatable bonds is 6. The Morgan fingerprint density at radius 2 is 1.94 bits per heavy atom. The van der Waals surface area contributed by atoms with Gasteiger partial charge in [-0.05, 0) is 36.6 Å². The number of aliphatic imine (C=N–C) groups is 1. The molecule has 2 aromatic carbocycles. The summed E-state index contributed by atoms with van der Waals surface area (Å²) in [6, 6.07) is 15.6. The summed E-state index contributed by atoms with van der Waals surface area (Å²) >= 11 is 1.43. The zero-order chi connectivity index (χ0) is 22.0. The van der Waals surface area contributed by atoms with Crippen LogP contribution in [0.15, 0.2) is 53.5 Å². The lowest BCUT2D eigenvalue weighted by atomic mass is 10.1. The summed E-state index contributed by atoms with van der Waals surface area (Å²) in [4.78, 5) is 19.1. The number of amides is 1. The first-order valence-corrected chi connectivity index (χ1v) is 13.0. The number of aryl methyl sites for hydroxylation is 1. The first-order valence-electron chi connectivity index (χ1n) is 10.3. The molecule has 6 nitrogen and oxygen atoms in total. The van der Waals surface area contributed by atoms with E-state index < -0.39 is 9.84 Å². The molecule has 0 aliphatic carbocycles. The second-order valence-corrected chi connectivity index (χ2v) is 11.4. The molecule has 2 fully saturated rings. The van der Waals surface area contributed by atoms with Gasteiger partial charge >= 0.3 is 0 Å². The molecule has 31 heavy (non-hydrogen) atoms. The molecule has 8 heteroatoms. The number of nitrogens with zero attached hydrogens (tertiary/aromatic N) is 2. The molecule has 4 rings (SSSR count). The molecule has 2 atom stereocenters. The molecule has 2 saturated heterocycles. The average Bonchev–Trinajstić information content (AvgIpc) is 3.17. The maximum absolute atomic E-state index is 12.7. The average molecular weight is 459 g/mol. The van der Waals surface area contributed by atoms with Gasteiger partial charge in [0.1, 0.15) is 5.75 Å². The molecule has 164 valence electrons. The molecule has 2 aliphatic heterocycles. The largest absolute Gasteiger partial charge is 0.497 e. The Morgan fingerprint density at radius 1 is 1.16 bits per heavy atom. The predicted octanol–water partition coefficient (Wildman–Crippen LogP) is 2.89. The van der Waals surface area contributed by atoms with Gasteiger partial charge in [0.2, 0.25) is 0 Å². The van der Waals surface area contributed by atoms with E-state index in [0.717, 1.165) is 28.9 Å². The van der Waals surface area contributed by atoms with Crippen molar-refractivity contribution in [1.82, 2.24) is 4.90 Å². The van der Waals surface area contributed by atoms with Gasteiger partial charge in [0.25, 0.3) is 5.91 Å². The number of fused-ring (bicyclic) bond motifs is 1. The number of benzene rings is 2. The molecular weight excluding hydrogens is 432 g/mol. The van der Waals surface area contributed by atoms with E-state index in [0.29, 0.717) is 11.7 Å². The van der Waals surface area contributed by atoms with Crippen LogP contribution < -0.4 is 4.74 Å². The topological polar surface area (TPSA) is 76.0 Å². The van der Waals surface area contributed by atoms with Gasteiger partial charge in [-0.25, -0.2) is 8.42 Å². The van der Waals surface area contributed by atoms with Gasteiger partial charge in [-0.2, -0.15) is 4.99 Å². The number of sulfone groups is 1. The molecule has 2 aliphatic rings. The maximum Gasteiger partial charge on any atom is 0.252 e. The van der Waals surface area contributed by atoms with Crippen LogP contribution in [0.1, 0.15) is 16.7 Å². The number of hydrogen-bond donors (Lipinski definition) is 0. The molecule has 0 N–H and O–H groups in total. The Balaban J connectivity index is 1.50. The zero-order valence-corrected chi connectivity index (χ0v) is 19.3. The number of carbonyl (C=O) groups excluding carboxylic acids is 1. The summed E-state index contributed by atoms with van der Waals surface area (Å²) in [5, 5.41) is 0.586. The summed E-state index contributed by atoms with van der Waals surface area (Å²) in [5.41, 5.74) is 3.17. The van der Waals surface area contributed by atoms with E-state index in [2.05, 4.69) is 4.99 Å². The van der Waals surface area contributed by atoms with Gasteiger partial charge in [0.15, 0.2) is 15.0 Å². The molecule has 0 aromatic heterocycles. The normalized spacial score (nSPS) is 23.2. The molecule has 2 unspecified atom stereocenters. The van der Waals surface area contributed by atoms with E-state index in [-0.39, 0.29) is 35.1 Å². The van der Waals surface area contributed by atoms with Crippen molar-refractivity contribution in [2.75, 3.05) is 25.2 Å². The van der Waals surface area contributed by atoms with Crippen LogP contribution in [0.3, 0.4) is 0 Å².